The number of pyridine rings is 1. The van der Waals surface area contributed by atoms with Crippen LogP contribution in [0.25, 0.3) is 0 Å². The second-order valence-electron chi connectivity index (χ2n) is 7.36. The Balaban J connectivity index is 1.91. The Morgan fingerprint density at radius 3 is 2.73 bits per heavy atom. The summed E-state index contributed by atoms with van der Waals surface area (Å²) < 4.78 is 25.6. The summed E-state index contributed by atoms with van der Waals surface area (Å²) in [6, 6.07) is 7.71. The topological polar surface area (TPSA) is 123 Å². The average molecular weight is 411 g/mol. The molecule has 3 rings (SSSR count). The number of rotatable bonds is 4. The number of hydrogen-bond acceptors (Lipinski definition) is 7. The Morgan fingerprint density at radius 1 is 1.40 bits per heavy atom. The van der Waals surface area contributed by atoms with Crippen molar-refractivity contribution < 1.29 is 18.7 Å². The number of hydrogen-bond donors (Lipinski definition) is 2. The van der Waals surface area contributed by atoms with Gasteiger partial charge in [-0.05, 0) is 50.6 Å². The van der Waals surface area contributed by atoms with E-state index in [0.29, 0.717) is 16.8 Å². The molecule has 0 unspecified atom stereocenters. The number of anilines is 1. The van der Waals surface area contributed by atoms with Crippen LogP contribution in [0, 0.1) is 24.1 Å². The second kappa shape index (κ2) is 7.82. The van der Waals surface area contributed by atoms with Crippen LogP contribution in [0.1, 0.15) is 41.0 Å². The van der Waals surface area contributed by atoms with Crippen LogP contribution in [0.3, 0.4) is 0 Å². The minimum atomic E-state index is -1.18. The molecule has 1 amide bonds. The molecule has 30 heavy (non-hydrogen) atoms. The smallest absolute Gasteiger partial charge is 0.274 e. The SMILES string of the molecule is CO[C@@]1(C)OC[C@@](C)(c2cc(NC(=O)c3ncc(C#N)cc3C)ccc2F)N=C1N. The zero-order valence-electron chi connectivity index (χ0n) is 17.1. The average Bonchev–Trinajstić information content (AvgIpc) is 2.72. The monoisotopic (exact) mass is 411 g/mol. The fraction of sp³-hybridized carbons (Fsp3) is 0.333. The van der Waals surface area contributed by atoms with Gasteiger partial charge in [0.1, 0.15) is 23.1 Å². The number of nitrogens with one attached hydrogen (secondary N) is 1. The molecule has 0 radical (unpaired) electrons. The van der Waals surface area contributed by atoms with Gasteiger partial charge in [-0.25, -0.2) is 9.37 Å². The van der Waals surface area contributed by atoms with Gasteiger partial charge in [0.15, 0.2) is 5.84 Å². The van der Waals surface area contributed by atoms with Crippen LogP contribution in [0.2, 0.25) is 0 Å². The number of aromatic nitrogens is 1. The molecule has 0 spiro atoms. The van der Waals surface area contributed by atoms with Crippen LogP contribution < -0.4 is 11.1 Å². The fourth-order valence-corrected chi connectivity index (χ4v) is 3.13. The standard InChI is InChI=1S/C21H22FN5O3/c1-12-7-13(9-23)10-25-17(12)18(28)26-14-5-6-16(22)15(8-14)20(2)11-30-21(3,29-4)19(24)27-20/h5-8,10H,11H2,1-4H3,(H2,24,27)(H,26,28)/t20-,21-/m0/s1. The van der Waals surface area contributed by atoms with Crippen LogP contribution in [0.5, 0.6) is 0 Å². The van der Waals surface area contributed by atoms with E-state index < -0.39 is 23.1 Å². The van der Waals surface area contributed by atoms with E-state index in [1.165, 1.54) is 31.5 Å². The highest BCUT2D eigenvalue weighted by Gasteiger charge is 2.42. The van der Waals surface area contributed by atoms with Crippen molar-refractivity contribution >= 4 is 17.4 Å². The van der Waals surface area contributed by atoms with E-state index in [2.05, 4.69) is 15.3 Å². The molecule has 0 bridgehead atoms. The first-order chi connectivity index (χ1) is 14.1. The lowest BCUT2D eigenvalue weighted by Crippen LogP contribution is -2.53. The van der Waals surface area contributed by atoms with E-state index in [9.17, 15) is 9.18 Å². The third kappa shape index (κ3) is 3.87. The molecule has 3 N–H and O–H groups in total. The van der Waals surface area contributed by atoms with E-state index in [0.717, 1.165) is 0 Å². The van der Waals surface area contributed by atoms with Crippen LogP contribution in [-0.2, 0) is 15.0 Å². The fourth-order valence-electron chi connectivity index (χ4n) is 3.13. The minimum absolute atomic E-state index is 0.0304. The maximum atomic E-state index is 14.7. The summed E-state index contributed by atoms with van der Waals surface area (Å²) in [7, 11) is 1.45. The first kappa shape index (κ1) is 21.4. The van der Waals surface area contributed by atoms with Crippen molar-refractivity contribution in [3.8, 4) is 6.07 Å². The lowest BCUT2D eigenvalue weighted by molar-refractivity contribution is -0.178. The van der Waals surface area contributed by atoms with Gasteiger partial charge in [0, 0.05) is 24.6 Å². The number of ether oxygens (including phenoxy) is 2. The molecule has 156 valence electrons. The Labute approximate surface area is 173 Å². The Hall–Kier alpha value is -3.35. The zero-order chi connectivity index (χ0) is 22.1. The van der Waals surface area contributed by atoms with Gasteiger partial charge in [0.05, 0.1) is 12.2 Å². The van der Waals surface area contributed by atoms with Crippen molar-refractivity contribution in [3.05, 3.63) is 58.7 Å². The van der Waals surface area contributed by atoms with Gasteiger partial charge < -0.3 is 20.5 Å². The van der Waals surface area contributed by atoms with Crippen molar-refractivity contribution in [2.75, 3.05) is 19.0 Å². The summed E-state index contributed by atoms with van der Waals surface area (Å²) in [4.78, 5) is 21.1. The molecule has 0 fully saturated rings. The number of aryl methyl sites for hydroxylation is 1. The molecule has 1 aliphatic heterocycles. The lowest BCUT2D eigenvalue weighted by atomic mass is 9.91. The van der Waals surface area contributed by atoms with E-state index >= 15 is 0 Å². The van der Waals surface area contributed by atoms with Gasteiger partial charge in [-0.1, -0.05) is 0 Å². The molecule has 9 heteroatoms. The zero-order valence-corrected chi connectivity index (χ0v) is 17.1. The summed E-state index contributed by atoms with van der Waals surface area (Å²) in [5.74, 6) is -2.08. The summed E-state index contributed by atoms with van der Waals surface area (Å²) in [6.45, 7) is 5.03. The summed E-state index contributed by atoms with van der Waals surface area (Å²) in [6.07, 6.45) is 1.32. The maximum absolute atomic E-state index is 14.7. The molecule has 1 aromatic heterocycles. The van der Waals surface area contributed by atoms with Crippen molar-refractivity contribution in [2.45, 2.75) is 32.1 Å². The van der Waals surface area contributed by atoms with Crippen LogP contribution >= 0.6 is 0 Å². The molecule has 8 nitrogen and oxygen atoms in total. The number of nitrogens with zero attached hydrogens (tertiary/aromatic N) is 3. The highest BCUT2D eigenvalue weighted by molar-refractivity contribution is 6.03. The number of carbonyl (C=O) groups excluding carboxylic acids is 1. The molecule has 2 aromatic rings. The predicted molar refractivity (Wildman–Crippen MR) is 108 cm³/mol. The second-order valence-corrected chi connectivity index (χ2v) is 7.36. The quantitative estimate of drug-likeness (QED) is 0.797. The number of nitrogens with two attached hydrogens (primary N) is 1. The van der Waals surface area contributed by atoms with Crippen LogP contribution in [0.4, 0.5) is 10.1 Å². The summed E-state index contributed by atoms with van der Waals surface area (Å²) in [5, 5.41) is 11.6. The number of amides is 1. The van der Waals surface area contributed by atoms with E-state index in [1.54, 1.807) is 26.8 Å². The molecule has 1 aliphatic rings. The number of aliphatic imine (C=N–C) groups is 1. The number of amidine groups is 1. The summed E-state index contributed by atoms with van der Waals surface area (Å²) in [5.41, 5.74) is 6.55. The Morgan fingerprint density at radius 2 is 2.13 bits per heavy atom. The van der Waals surface area contributed by atoms with Gasteiger partial charge in [0.25, 0.3) is 5.91 Å². The number of methoxy groups -OCH3 is 1. The van der Waals surface area contributed by atoms with Crippen LogP contribution in [0.15, 0.2) is 35.5 Å². The third-order valence-electron chi connectivity index (χ3n) is 5.08. The lowest BCUT2D eigenvalue weighted by Gasteiger charge is -2.39. The number of halogens is 1. The first-order valence-corrected chi connectivity index (χ1v) is 9.15. The molecular weight excluding hydrogens is 389 g/mol. The molecular formula is C21H22FN5O3. The molecule has 0 aliphatic carbocycles. The number of benzene rings is 1. The highest BCUT2D eigenvalue weighted by atomic mass is 19.1. The van der Waals surface area contributed by atoms with Crippen molar-refractivity contribution in [2.24, 2.45) is 10.7 Å². The summed E-state index contributed by atoms with van der Waals surface area (Å²) >= 11 is 0. The minimum Gasteiger partial charge on any atom is -0.383 e. The number of carbonyl (C=O) groups is 1. The third-order valence-corrected chi connectivity index (χ3v) is 5.08. The van der Waals surface area contributed by atoms with Crippen molar-refractivity contribution in [1.82, 2.24) is 4.98 Å². The van der Waals surface area contributed by atoms with Crippen LogP contribution in [-0.4, -0.2) is 36.2 Å². The maximum Gasteiger partial charge on any atom is 0.274 e. The van der Waals surface area contributed by atoms with E-state index in [1.807, 2.05) is 6.07 Å². The first-order valence-electron chi connectivity index (χ1n) is 9.15. The molecule has 1 aromatic carbocycles. The highest BCUT2D eigenvalue weighted by Crippen LogP contribution is 2.35. The largest absolute Gasteiger partial charge is 0.383 e. The predicted octanol–water partition coefficient (Wildman–Crippen LogP) is 2.62. The van der Waals surface area contributed by atoms with Gasteiger partial charge in [-0.2, -0.15) is 5.26 Å². The molecule has 0 saturated heterocycles. The van der Waals surface area contributed by atoms with Gasteiger partial charge >= 0.3 is 0 Å². The Bertz CT molecular complexity index is 1080. The molecule has 0 saturated carbocycles. The molecule has 2 heterocycles. The normalized spacial score (nSPS) is 23.4. The molecule has 2 atom stereocenters. The van der Waals surface area contributed by atoms with E-state index in [-0.39, 0.29) is 23.7 Å². The number of nitriles is 1. The van der Waals surface area contributed by atoms with Crippen molar-refractivity contribution in [3.63, 3.8) is 0 Å². The van der Waals surface area contributed by atoms with Gasteiger partial charge in [-0.3, -0.25) is 9.79 Å². The van der Waals surface area contributed by atoms with Gasteiger partial charge in [0.2, 0.25) is 5.79 Å². The Kier molecular flexibility index (Phi) is 5.57. The van der Waals surface area contributed by atoms with Gasteiger partial charge in [-0.15, -0.1) is 0 Å². The van der Waals surface area contributed by atoms with E-state index in [4.69, 9.17) is 20.5 Å². The van der Waals surface area contributed by atoms with Crippen molar-refractivity contribution in [1.29, 1.82) is 5.26 Å².